The molecule has 90 valence electrons. The number of rotatable bonds is 7. The van der Waals surface area contributed by atoms with E-state index in [0.29, 0.717) is 0 Å². The molecule has 0 saturated carbocycles. The summed E-state index contributed by atoms with van der Waals surface area (Å²) in [5.74, 6) is 0. The zero-order chi connectivity index (χ0) is 12.1. The number of hydrogen-bond donors (Lipinski definition) is 0. The Labute approximate surface area is 98.2 Å². The van der Waals surface area contributed by atoms with Crippen LogP contribution in [0.5, 0.6) is 0 Å². The molecule has 0 aromatic heterocycles. The van der Waals surface area contributed by atoms with E-state index in [9.17, 15) is 0 Å². The highest BCUT2D eigenvalue weighted by molar-refractivity contribution is 6.81. The molecule has 0 aliphatic carbocycles. The van der Waals surface area contributed by atoms with Crippen molar-refractivity contribution in [2.45, 2.75) is 65.4 Å². The highest BCUT2D eigenvalue weighted by Crippen LogP contribution is 2.16. The first-order chi connectivity index (χ1) is 6.64. The van der Waals surface area contributed by atoms with E-state index in [0.717, 1.165) is 6.32 Å². The summed E-state index contributed by atoms with van der Waals surface area (Å²) in [5.41, 5.74) is 0. The molecule has 0 spiro atoms. The zero-order valence-electron chi connectivity index (χ0n) is 11.5. The highest BCUT2D eigenvalue weighted by Gasteiger charge is 2.30. The van der Waals surface area contributed by atoms with Gasteiger partial charge >= 0.3 is 7.12 Å². The van der Waals surface area contributed by atoms with E-state index in [-0.39, 0.29) is 7.12 Å². The van der Waals surface area contributed by atoms with Gasteiger partial charge in [0.1, 0.15) is 0 Å². The summed E-state index contributed by atoms with van der Waals surface area (Å²) in [6.45, 7) is 15.5. The van der Waals surface area contributed by atoms with E-state index in [4.69, 9.17) is 8.69 Å². The fourth-order valence-corrected chi connectivity index (χ4v) is 3.31. The predicted molar refractivity (Wildman–Crippen MR) is 74.3 cm³/mol. The van der Waals surface area contributed by atoms with Gasteiger partial charge in [0.05, 0.1) is 0 Å². The second kappa shape index (κ2) is 6.23. The molecule has 0 amide bonds. The Hall–Kier alpha value is 0.419. The second-order valence-electron chi connectivity index (χ2n) is 6.03. The molecule has 0 N–H and O–H groups in total. The van der Waals surface area contributed by atoms with Gasteiger partial charge in [-0.25, -0.2) is 0 Å². The summed E-state index contributed by atoms with van der Waals surface area (Å²) >= 11 is 0. The fraction of sp³-hybridized carbons (Fsp3) is 1.00. The van der Waals surface area contributed by atoms with Gasteiger partial charge in [0.15, 0.2) is 16.6 Å². The van der Waals surface area contributed by atoms with Gasteiger partial charge in [-0.05, 0) is 45.6 Å². The Bertz CT molecular complexity index is 159. The van der Waals surface area contributed by atoms with Crippen molar-refractivity contribution in [2.75, 3.05) is 0 Å². The Morgan fingerprint density at radius 3 is 1.53 bits per heavy atom. The Morgan fingerprint density at radius 1 is 0.867 bits per heavy atom. The van der Waals surface area contributed by atoms with Crippen LogP contribution in [0.1, 0.15) is 19.8 Å². The van der Waals surface area contributed by atoms with Crippen LogP contribution in [0.2, 0.25) is 45.6 Å². The van der Waals surface area contributed by atoms with E-state index in [1.54, 1.807) is 0 Å². The third-order valence-corrected chi connectivity index (χ3v) is 3.70. The van der Waals surface area contributed by atoms with Crippen LogP contribution in [0.25, 0.3) is 0 Å². The zero-order valence-corrected chi connectivity index (χ0v) is 13.5. The lowest BCUT2D eigenvalue weighted by Crippen LogP contribution is -2.43. The molecule has 0 fully saturated rings. The van der Waals surface area contributed by atoms with Crippen molar-refractivity contribution in [2.24, 2.45) is 0 Å². The van der Waals surface area contributed by atoms with Crippen LogP contribution in [0.3, 0.4) is 0 Å². The molecule has 0 aliphatic rings. The average molecular weight is 246 g/mol. The SMILES string of the molecule is CCCCB(O[Si](C)(C)C)O[Si](C)(C)C. The van der Waals surface area contributed by atoms with E-state index in [2.05, 4.69) is 46.2 Å². The number of hydrogen-bond acceptors (Lipinski definition) is 2. The van der Waals surface area contributed by atoms with Gasteiger partial charge < -0.3 is 8.69 Å². The Balaban J connectivity index is 4.19. The van der Waals surface area contributed by atoms with Gasteiger partial charge in [-0.2, -0.15) is 0 Å². The summed E-state index contributed by atoms with van der Waals surface area (Å²) in [6.07, 6.45) is 3.45. The maximum absolute atomic E-state index is 6.07. The molecule has 15 heavy (non-hydrogen) atoms. The molecule has 0 radical (unpaired) electrons. The van der Waals surface area contributed by atoms with Crippen LogP contribution in [0.4, 0.5) is 0 Å². The van der Waals surface area contributed by atoms with Gasteiger partial charge in [-0.15, -0.1) is 0 Å². The van der Waals surface area contributed by atoms with Crippen molar-refractivity contribution in [3.05, 3.63) is 0 Å². The summed E-state index contributed by atoms with van der Waals surface area (Å²) in [6, 6.07) is 0. The summed E-state index contributed by atoms with van der Waals surface area (Å²) in [4.78, 5) is 0. The molecule has 2 nitrogen and oxygen atoms in total. The molecule has 0 heterocycles. The maximum atomic E-state index is 6.07. The lowest BCUT2D eigenvalue weighted by Gasteiger charge is -2.29. The molecule has 0 rings (SSSR count). The van der Waals surface area contributed by atoms with Gasteiger partial charge in [0.25, 0.3) is 0 Å². The van der Waals surface area contributed by atoms with Crippen LogP contribution >= 0.6 is 0 Å². The predicted octanol–water partition coefficient (Wildman–Crippen LogP) is 3.98. The van der Waals surface area contributed by atoms with Crippen molar-refractivity contribution in [3.63, 3.8) is 0 Å². The lowest BCUT2D eigenvalue weighted by molar-refractivity contribution is 0.414. The van der Waals surface area contributed by atoms with Crippen LogP contribution in [0, 0.1) is 0 Å². The molecule has 0 aromatic carbocycles. The summed E-state index contributed by atoms with van der Waals surface area (Å²) in [7, 11) is -2.90. The topological polar surface area (TPSA) is 18.5 Å². The molecule has 0 saturated heterocycles. The van der Waals surface area contributed by atoms with E-state index in [1.807, 2.05) is 0 Å². The smallest absolute Gasteiger partial charge is 0.435 e. The van der Waals surface area contributed by atoms with Crippen molar-refractivity contribution < 1.29 is 8.69 Å². The maximum Gasteiger partial charge on any atom is 0.435 e. The third kappa shape index (κ3) is 10.7. The average Bonchev–Trinajstić information content (AvgIpc) is 1.94. The first-order valence-electron chi connectivity index (χ1n) is 6.00. The van der Waals surface area contributed by atoms with E-state index in [1.165, 1.54) is 12.8 Å². The second-order valence-corrected chi connectivity index (χ2v) is 15.0. The highest BCUT2D eigenvalue weighted by atomic mass is 28.4. The first kappa shape index (κ1) is 15.4. The van der Waals surface area contributed by atoms with Crippen molar-refractivity contribution in [1.82, 2.24) is 0 Å². The third-order valence-electron chi connectivity index (χ3n) is 1.76. The van der Waals surface area contributed by atoms with Gasteiger partial charge in [-0.1, -0.05) is 19.8 Å². The van der Waals surface area contributed by atoms with Crippen LogP contribution in [-0.2, 0) is 8.69 Å². The molecule has 0 aliphatic heterocycles. The fourth-order valence-electron chi connectivity index (χ4n) is 1.30. The molecule has 0 atom stereocenters. The monoisotopic (exact) mass is 246 g/mol. The molecular formula is C10H27BO2Si2. The normalized spacial score (nSPS) is 13.0. The van der Waals surface area contributed by atoms with Crippen LogP contribution < -0.4 is 0 Å². The van der Waals surface area contributed by atoms with E-state index < -0.39 is 16.6 Å². The minimum absolute atomic E-state index is 0.0447. The molecule has 5 heteroatoms. The largest absolute Gasteiger partial charge is 0.454 e. The van der Waals surface area contributed by atoms with Crippen LogP contribution in [-0.4, -0.2) is 23.8 Å². The lowest BCUT2D eigenvalue weighted by atomic mass is 9.84. The van der Waals surface area contributed by atoms with E-state index >= 15 is 0 Å². The van der Waals surface area contributed by atoms with Crippen LogP contribution in [0.15, 0.2) is 0 Å². The standard InChI is InChI=1S/C10H27BO2Si2/c1-8-9-10-11(12-14(2,3)4)13-15(5,6)7/h8-10H2,1-7H3. The van der Waals surface area contributed by atoms with Crippen molar-refractivity contribution in [1.29, 1.82) is 0 Å². The summed E-state index contributed by atoms with van der Waals surface area (Å²) in [5, 5.41) is 0. The van der Waals surface area contributed by atoms with Crippen molar-refractivity contribution >= 4 is 23.8 Å². The van der Waals surface area contributed by atoms with Crippen molar-refractivity contribution in [3.8, 4) is 0 Å². The molecule has 0 bridgehead atoms. The van der Waals surface area contributed by atoms with Gasteiger partial charge in [-0.3, -0.25) is 0 Å². The van der Waals surface area contributed by atoms with Gasteiger partial charge in [0.2, 0.25) is 0 Å². The van der Waals surface area contributed by atoms with Gasteiger partial charge in [0, 0.05) is 0 Å². The minimum Gasteiger partial charge on any atom is -0.454 e. The Kier molecular flexibility index (Phi) is 6.40. The first-order valence-corrected chi connectivity index (χ1v) is 12.8. The Morgan fingerprint density at radius 2 is 1.27 bits per heavy atom. The minimum atomic E-state index is -1.47. The quantitative estimate of drug-likeness (QED) is 0.633. The summed E-state index contributed by atoms with van der Waals surface area (Å²) < 4.78 is 12.1. The molecule has 0 unspecified atom stereocenters. The molecular weight excluding hydrogens is 219 g/mol. The number of unbranched alkanes of at least 4 members (excludes halogenated alkanes) is 1. The molecule has 0 aromatic rings.